The molecule has 0 spiro atoms. The molecule has 0 radical (unpaired) electrons. The smallest absolute Gasteiger partial charge is 0.241 e. The molecule has 18 heavy (non-hydrogen) atoms. The van der Waals surface area contributed by atoms with Crippen molar-refractivity contribution in [2.24, 2.45) is 0 Å². The average Bonchev–Trinajstić information content (AvgIpc) is 2.40. The highest BCUT2D eigenvalue weighted by molar-refractivity contribution is 5.95. The number of ether oxygens (including phenoxy) is 1. The van der Waals surface area contributed by atoms with E-state index in [1.54, 1.807) is 7.11 Å². The molecule has 0 bridgehead atoms. The van der Waals surface area contributed by atoms with Gasteiger partial charge in [0, 0.05) is 11.8 Å². The summed E-state index contributed by atoms with van der Waals surface area (Å²) < 4.78 is 5.11. The van der Waals surface area contributed by atoms with Crippen LogP contribution in [0.25, 0.3) is 0 Å². The molecule has 0 aliphatic carbocycles. The maximum Gasteiger partial charge on any atom is 0.241 e. The van der Waals surface area contributed by atoms with Gasteiger partial charge < -0.3 is 15.4 Å². The van der Waals surface area contributed by atoms with Crippen molar-refractivity contribution in [3.8, 4) is 5.75 Å². The van der Waals surface area contributed by atoms with E-state index in [1.807, 2.05) is 24.3 Å². The molecule has 1 unspecified atom stereocenters. The van der Waals surface area contributed by atoms with Crippen molar-refractivity contribution >= 4 is 24.0 Å². The fraction of sp³-hybridized carbons (Fsp3) is 0.462. The van der Waals surface area contributed by atoms with Gasteiger partial charge in [-0.3, -0.25) is 4.79 Å². The second kappa shape index (κ2) is 7.24. The van der Waals surface area contributed by atoms with E-state index in [0.29, 0.717) is 0 Å². The number of anilines is 1. The molecule has 1 aromatic rings. The minimum absolute atomic E-state index is 0. The molecule has 0 saturated carbocycles. The maximum absolute atomic E-state index is 12.0. The van der Waals surface area contributed by atoms with Crippen molar-refractivity contribution in [2.45, 2.75) is 25.3 Å². The van der Waals surface area contributed by atoms with Gasteiger partial charge in [0.2, 0.25) is 5.91 Å². The predicted molar refractivity (Wildman–Crippen MR) is 74.5 cm³/mol. The van der Waals surface area contributed by atoms with Gasteiger partial charge in [0.1, 0.15) is 5.75 Å². The number of hydrogen-bond donors (Lipinski definition) is 2. The molecular weight excluding hydrogens is 252 g/mol. The van der Waals surface area contributed by atoms with Crippen LogP contribution in [-0.2, 0) is 4.79 Å². The lowest BCUT2D eigenvalue weighted by Gasteiger charge is -2.22. The van der Waals surface area contributed by atoms with Crippen LogP contribution in [0.5, 0.6) is 5.75 Å². The number of amides is 1. The minimum atomic E-state index is -0.0602. The first-order chi connectivity index (χ1) is 8.29. The first-order valence-corrected chi connectivity index (χ1v) is 5.98. The first-order valence-electron chi connectivity index (χ1n) is 5.98. The van der Waals surface area contributed by atoms with Crippen LogP contribution in [0.4, 0.5) is 5.69 Å². The summed E-state index contributed by atoms with van der Waals surface area (Å²) in [6.45, 7) is 0.927. The second-order valence-electron chi connectivity index (χ2n) is 4.22. The van der Waals surface area contributed by atoms with Gasteiger partial charge in [-0.25, -0.2) is 0 Å². The quantitative estimate of drug-likeness (QED) is 0.885. The molecule has 100 valence electrons. The van der Waals surface area contributed by atoms with Gasteiger partial charge in [-0.2, -0.15) is 0 Å². The number of halogens is 1. The third-order valence-corrected chi connectivity index (χ3v) is 2.96. The number of piperidine rings is 1. The maximum atomic E-state index is 12.0. The fourth-order valence-corrected chi connectivity index (χ4v) is 2.01. The zero-order valence-corrected chi connectivity index (χ0v) is 11.3. The zero-order valence-electron chi connectivity index (χ0n) is 10.4. The Kier molecular flexibility index (Phi) is 5.95. The molecule has 1 fully saturated rings. The Morgan fingerprint density at radius 1 is 1.44 bits per heavy atom. The van der Waals surface area contributed by atoms with E-state index < -0.39 is 0 Å². The predicted octanol–water partition coefficient (Wildman–Crippen LogP) is 2.20. The van der Waals surface area contributed by atoms with Gasteiger partial charge in [0.05, 0.1) is 13.2 Å². The van der Waals surface area contributed by atoms with Crippen LogP contribution in [0.15, 0.2) is 24.3 Å². The summed E-state index contributed by atoms with van der Waals surface area (Å²) in [6, 6.07) is 7.34. The normalized spacial score (nSPS) is 18.6. The topological polar surface area (TPSA) is 50.4 Å². The number of carbonyl (C=O) groups excluding carboxylic acids is 1. The number of carbonyl (C=O) groups is 1. The summed E-state index contributed by atoms with van der Waals surface area (Å²) in [5, 5.41) is 6.13. The molecule has 4 nitrogen and oxygen atoms in total. The van der Waals surface area contributed by atoms with Crippen molar-refractivity contribution in [3.05, 3.63) is 24.3 Å². The van der Waals surface area contributed by atoms with E-state index in [9.17, 15) is 4.79 Å². The van der Waals surface area contributed by atoms with E-state index >= 15 is 0 Å². The molecule has 1 saturated heterocycles. The third-order valence-electron chi connectivity index (χ3n) is 2.96. The van der Waals surface area contributed by atoms with Crippen molar-refractivity contribution in [1.29, 1.82) is 0 Å². The van der Waals surface area contributed by atoms with Gasteiger partial charge in [0.15, 0.2) is 0 Å². The highest BCUT2D eigenvalue weighted by Gasteiger charge is 2.20. The summed E-state index contributed by atoms with van der Waals surface area (Å²) >= 11 is 0. The van der Waals surface area contributed by atoms with Crippen molar-refractivity contribution in [1.82, 2.24) is 5.32 Å². The van der Waals surface area contributed by atoms with Crippen LogP contribution in [0.3, 0.4) is 0 Å². The minimum Gasteiger partial charge on any atom is -0.497 e. The molecule has 2 rings (SSSR count). The number of benzene rings is 1. The molecule has 2 N–H and O–H groups in total. The third kappa shape index (κ3) is 3.89. The van der Waals surface area contributed by atoms with Gasteiger partial charge in [0.25, 0.3) is 0 Å². The van der Waals surface area contributed by atoms with Crippen molar-refractivity contribution < 1.29 is 9.53 Å². The summed E-state index contributed by atoms with van der Waals surface area (Å²) in [5.74, 6) is 0.789. The Bertz CT molecular complexity index is 392. The molecule has 1 aliphatic rings. The largest absolute Gasteiger partial charge is 0.497 e. The summed E-state index contributed by atoms with van der Waals surface area (Å²) in [4.78, 5) is 12.0. The van der Waals surface area contributed by atoms with Gasteiger partial charge in [-0.05, 0) is 31.5 Å². The Morgan fingerprint density at radius 2 is 2.28 bits per heavy atom. The average molecular weight is 271 g/mol. The Hall–Kier alpha value is -1.26. The first kappa shape index (κ1) is 14.8. The molecular formula is C13H19ClN2O2. The highest BCUT2D eigenvalue weighted by atomic mass is 35.5. The van der Waals surface area contributed by atoms with Crippen LogP contribution in [0.2, 0.25) is 0 Å². The lowest BCUT2D eigenvalue weighted by molar-refractivity contribution is -0.118. The second-order valence-corrected chi connectivity index (χ2v) is 4.22. The van der Waals surface area contributed by atoms with E-state index in [2.05, 4.69) is 10.6 Å². The van der Waals surface area contributed by atoms with Crippen LogP contribution in [0, 0.1) is 0 Å². The van der Waals surface area contributed by atoms with Gasteiger partial charge in [-0.15, -0.1) is 12.4 Å². The van der Waals surface area contributed by atoms with E-state index in [1.165, 1.54) is 0 Å². The molecule has 1 aromatic carbocycles. The number of nitrogens with one attached hydrogen (secondary N) is 2. The van der Waals surface area contributed by atoms with Gasteiger partial charge >= 0.3 is 0 Å². The standard InChI is InChI=1S/C13H18N2O2.ClH/c1-17-11-6-4-5-10(9-11)15-13(16)12-7-2-3-8-14-12;/h4-6,9,12,14H,2-3,7-8H2,1H3,(H,15,16);1H. The van der Waals surface area contributed by atoms with Crippen LogP contribution in [0.1, 0.15) is 19.3 Å². The number of hydrogen-bond acceptors (Lipinski definition) is 3. The van der Waals surface area contributed by atoms with E-state index in [-0.39, 0.29) is 24.4 Å². The lowest BCUT2D eigenvalue weighted by atomic mass is 10.0. The summed E-state index contributed by atoms with van der Waals surface area (Å²) in [5.41, 5.74) is 0.779. The van der Waals surface area contributed by atoms with Crippen molar-refractivity contribution in [2.75, 3.05) is 19.0 Å². The molecule has 0 aromatic heterocycles. The van der Waals surface area contributed by atoms with Crippen LogP contribution < -0.4 is 15.4 Å². The molecule has 1 amide bonds. The Balaban J connectivity index is 0.00000162. The Labute approximate surface area is 114 Å². The summed E-state index contributed by atoms with van der Waals surface area (Å²) in [7, 11) is 1.61. The van der Waals surface area contributed by atoms with Crippen molar-refractivity contribution in [3.63, 3.8) is 0 Å². The monoisotopic (exact) mass is 270 g/mol. The highest BCUT2D eigenvalue weighted by Crippen LogP contribution is 2.17. The van der Waals surface area contributed by atoms with Crippen LogP contribution >= 0.6 is 12.4 Å². The number of methoxy groups -OCH3 is 1. The van der Waals surface area contributed by atoms with Crippen LogP contribution in [-0.4, -0.2) is 25.6 Å². The van der Waals surface area contributed by atoms with Gasteiger partial charge in [-0.1, -0.05) is 12.5 Å². The molecule has 1 heterocycles. The molecule has 1 aliphatic heterocycles. The zero-order chi connectivity index (χ0) is 12.1. The fourth-order valence-electron chi connectivity index (χ4n) is 2.01. The van der Waals surface area contributed by atoms with E-state index in [4.69, 9.17) is 4.74 Å². The number of rotatable bonds is 3. The Morgan fingerprint density at radius 3 is 2.94 bits per heavy atom. The molecule has 5 heteroatoms. The lowest BCUT2D eigenvalue weighted by Crippen LogP contribution is -2.43. The molecule has 1 atom stereocenters. The van der Waals surface area contributed by atoms with E-state index in [0.717, 1.165) is 37.2 Å². The SMILES string of the molecule is COc1cccc(NC(=O)C2CCCCN2)c1.Cl. The summed E-state index contributed by atoms with van der Waals surface area (Å²) in [6.07, 6.45) is 3.18.